The molecular weight excluding hydrogens is 436 g/mol. The van der Waals surface area contributed by atoms with E-state index in [1.807, 2.05) is 58.9 Å². The van der Waals surface area contributed by atoms with Crippen molar-refractivity contribution in [2.24, 2.45) is 0 Å². The Hall–Kier alpha value is -3.13. The molecule has 0 aliphatic rings. The zero-order valence-electron chi connectivity index (χ0n) is 19.7. The lowest BCUT2D eigenvalue weighted by atomic mass is 10.1. The molecular formula is C25H30N4O3S. The van der Waals surface area contributed by atoms with E-state index in [1.165, 1.54) is 11.8 Å². The molecule has 7 nitrogen and oxygen atoms in total. The Kier molecular flexibility index (Phi) is 7.92. The number of benzene rings is 2. The standard InChI is InChI=1S/C25H30N4O3S/c1-6-18(5)29-24(32)19-9-7-8-10-20(19)27-25(29)33-14-22(31)26-13-21(30)28-23-16(3)11-15(2)12-17(23)4/h7-12,18H,6,13-14H2,1-5H3,(H,26,31)(H,28,30). The third-order valence-corrected chi connectivity index (χ3v) is 6.48. The number of nitrogens with one attached hydrogen (secondary N) is 2. The number of aromatic nitrogens is 2. The Bertz CT molecular complexity index is 1230. The number of anilines is 1. The second-order valence-corrected chi connectivity index (χ2v) is 9.17. The summed E-state index contributed by atoms with van der Waals surface area (Å²) >= 11 is 1.20. The molecule has 0 radical (unpaired) electrons. The van der Waals surface area contributed by atoms with Gasteiger partial charge in [0.2, 0.25) is 11.8 Å². The van der Waals surface area contributed by atoms with Crippen LogP contribution < -0.4 is 16.2 Å². The van der Waals surface area contributed by atoms with Crippen molar-refractivity contribution in [3.63, 3.8) is 0 Å². The van der Waals surface area contributed by atoms with E-state index in [-0.39, 0.29) is 35.7 Å². The van der Waals surface area contributed by atoms with Crippen LogP contribution in [0.3, 0.4) is 0 Å². The van der Waals surface area contributed by atoms with Crippen LogP contribution in [0.5, 0.6) is 0 Å². The Morgan fingerprint density at radius 1 is 1.09 bits per heavy atom. The number of para-hydroxylation sites is 1. The van der Waals surface area contributed by atoms with Gasteiger partial charge in [0, 0.05) is 11.7 Å². The van der Waals surface area contributed by atoms with Crippen molar-refractivity contribution in [1.82, 2.24) is 14.9 Å². The van der Waals surface area contributed by atoms with E-state index in [9.17, 15) is 14.4 Å². The van der Waals surface area contributed by atoms with Gasteiger partial charge in [-0.1, -0.05) is 48.5 Å². The summed E-state index contributed by atoms with van der Waals surface area (Å²) in [5, 5.41) is 6.59. The lowest BCUT2D eigenvalue weighted by Gasteiger charge is -2.18. The quantitative estimate of drug-likeness (QED) is 0.384. The molecule has 0 bridgehead atoms. The first kappa shape index (κ1) is 24.5. The molecule has 0 fully saturated rings. The van der Waals surface area contributed by atoms with E-state index in [1.54, 1.807) is 16.7 Å². The molecule has 3 aromatic rings. The summed E-state index contributed by atoms with van der Waals surface area (Å²) in [6.07, 6.45) is 0.762. The van der Waals surface area contributed by atoms with E-state index in [0.29, 0.717) is 16.1 Å². The molecule has 0 saturated carbocycles. The predicted molar refractivity (Wildman–Crippen MR) is 134 cm³/mol. The Morgan fingerprint density at radius 2 is 1.76 bits per heavy atom. The largest absolute Gasteiger partial charge is 0.346 e. The summed E-state index contributed by atoms with van der Waals surface area (Å²) in [6.45, 7) is 9.73. The fraction of sp³-hybridized carbons (Fsp3) is 0.360. The minimum atomic E-state index is -0.300. The van der Waals surface area contributed by atoms with Crippen LogP contribution in [0.25, 0.3) is 10.9 Å². The van der Waals surface area contributed by atoms with E-state index < -0.39 is 0 Å². The monoisotopic (exact) mass is 466 g/mol. The highest BCUT2D eigenvalue weighted by Gasteiger charge is 2.17. The number of carbonyl (C=O) groups is 2. The van der Waals surface area contributed by atoms with Gasteiger partial charge in [0.05, 0.1) is 23.2 Å². The van der Waals surface area contributed by atoms with E-state index in [2.05, 4.69) is 15.6 Å². The number of rotatable bonds is 8. The zero-order valence-corrected chi connectivity index (χ0v) is 20.5. The highest BCUT2D eigenvalue weighted by molar-refractivity contribution is 7.99. The van der Waals surface area contributed by atoms with Gasteiger partial charge in [-0.2, -0.15) is 0 Å². The summed E-state index contributed by atoms with van der Waals surface area (Å²) in [7, 11) is 0. The van der Waals surface area contributed by atoms with Crippen LogP contribution in [0, 0.1) is 20.8 Å². The molecule has 2 N–H and O–H groups in total. The summed E-state index contributed by atoms with van der Waals surface area (Å²) in [5.74, 6) is -0.536. The average molecular weight is 467 g/mol. The van der Waals surface area contributed by atoms with Crippen LogP contribution >= 0.6 is 11.8 Å². The smallest absolute Gasteiger partial charge is 0.262 e. The van der Waals surface area contributed by atoms with Crippen molar-refractivity contribution in [2.45, 2.75) is 52.2 Å². The normalized spacial score (nSPS) is 11.9. The number of aryl methyl sites for hydroxylation is 3. The van der Waals surface area contributed by atoms with Crippen LogP contribution in [-0.2, 0) is 9.59 Å². The van der Waals surface area contributed by atoms with Crippen molar-refractivity contribution in [1.29, 1.82) is 0 Å². The van der Waals surface area contributed by atoms with Gasteiger partial charge in [-0.25, -0.2) is 4.98 Å². The maximum absolute atomic E-state index is 13.0. The number of nitrogens with zero attached hydrogens (tertiary/aromatic N) is 2. The topological polar surface area (TPSA) is 93.1 Å². The fourth-order valence-corrected chi connectivity index (χ4v) is 4.65. The first-order chi connectivity index (χ1) is 15.7. The number of hydrogen-bond donors (Lipinski definition) is 2. The molecule has 174 valence electrons. The van der Waals surface area contributed by atoms with Crippen LogP contribution in [0.1, 0.15) is 43.0 Å². The summed E-state index contributed by atoms with van der Waals surface area (Å²) in [4.78, 5) is 42.4. The van der Waals surface area contributed by atoms with E-state index in [4.69, 9.17) is 0 Å². The van der Waals surface area contributed by atoms with Gasteiger partial charge < -0.3 is 10.6 Å². The van der Waals surface area contributed by atoms with Crippen LogP contribution in [0.4, 0.5) is 5.69 Å². The molecule has 33 heavy (non-hydrogen) atoms. The highest BCUT2D eigenvalue weighted by atomic mass is 32.2. The number of carbonyl (C=O) groups excluding carboxylic acids is 2. The summed E-state index contributed by atoms with van der Waals surface area (Å²) in [6, 6.07) is 11.2. The molecule has 1 aromatic heterocycles. The predicted octanol–water partition coefficient (Wildman–Crippen LogP) is 4.14. The number of thioether (sulfide) groups is 1. The molecule has 1 atom stereocenters. The molecule has 2 aromatic carbocycles. The summed E-state index contributed by atoms with van der Waals surface area (Å²) in [5.41, 5.74) is 4.36. The van der Waals surface area contributed by atoms with Crippen molar-refractivity contribution in [2.75, 3.05) is 17.6 Å². The first-order valence-electron chi connectivity index (χ1n) is 11.0. The molecule has 0 spiro atoms. The molecule has 8 heteroatoms. The maximum Gasteiger partial charge on any atom is 0.262 e. The number of hydrogen-bond acceptors (Lipinski definition) is 5. The minimum absolute atomic E-state index is 0.0491. The first-order valence-corrected chi connectivity index (χ1v) is 12.0. The Labute approximate surface area is 198 Å². The Morgan fingerprint density at radius 3 is 2.42 bits per heavy atom. The Balaban J connectivity index is 1.65. The van der Waals surface area contributed by atoms with Crippen molar-refractivity contribution in [3.8, 4) is 0 Å². The number of amides is 2. The van der Waals surface area contributed by atoms with Crippen LogP contribution in [-0.4, -0.2) is 33.7 Å². The molecule has 2 amide bonds. The maximum atomic E-state index is 13.0. The van der Waals surface area contributed by atoms with Crippen LogP contribution in [0.2, 0.25) is 0 Å². The van der Waals surface area contributed by atoms with Gasteiger partial charge >= 0.3 is 0 Å². The van der Waals surface area contributed by atoms with Crippen molar-refractivity contribution < 1.29 is 9.59 Å². The molecule has 0 saturated heterocycles. The molecule has 0 aliphatic carbocycles. The second-order valence-electron chi connectivity index (χ2n) is 8.23. The third kappa shape index (κ3) is 5.82. The fourth-order valence-electron chi connectivity index (χ4n) is 3.72. The second kappa shape index (κ2) is 10.7. The van der Waals surface area contributed by atoms with Gasteiger partial charge in [-0.15, -0.1) is 0 Å². The highest BCUT2D eigenvalue weighted by Crippen LogP contribution is 2.23. The van der Waals surface area contributed by atoms with Crippen molar-refractivity contribution in [3.05, 3.63) is 63.4 Å². The van der Waals surface area contributed by atoms with Gasteiger partial charge in [0.15, 0.2) is 5.16 Å². The number of fused-ring (bicyclic) bond motifs is 1. The van der Waals surface area contributed by atoms with Gasteiger partial charge in [0.1, 0.15) is 0 Å². The third-order valence-electron chi connectivity index (χ3n) is 5.53. The SMILES string of the molecule is CCC(C)n1c(SCC(=O)NCC(=O)Nc2c(C)cc(C)cc2C)nc2ccccc2c1=O. The van der Waals surface area contributed by atoms with E-state index >= 15 is 0 Å². The minimum Gasteiger partial charge on any atom is -0.346 e. The molecule has 0 aliphatic heterocycles. The zero-order chi connectivity index (χ0) is 24.1. The summed E-state index contributed by atoms with van der Waals surface area (Å²) < 4.78 is 1.65. The molecule has 1 heterocycles. The van der Waals surface area contributed by atoms with Gasteiger partial charge in [-0.3, -0.25) is 19.0 Å². The van der Waals surface area contributed by atoms with Crippen LogP contribution in [0.15, 0.2) is 46.3 Å². The van der Waals surface area contributed by atoms with Gasteiger partial charge in [0.25, 0.3) is 5.56 Å². The van der Waals surface area contributed by atoms with Gasteiger partial charge in [-0.05, 0) is 57.4 Å². The van der Waals surface area contributed by atoms with E-state index in [0.717, 1.165) is 28.8 Å². The lowest BCUT2D eigenvalue weighted by molar-refractivity contribution is -0.122. The average Bonchev–Trinajstić information content (AvgIpc) is 2.78. The van der Waals surface area contributed by atoms with Crippen molar-refractivity contribution >= 4 is 40.2 Å². The lowest BCUT2D eigenvalue weighted by Crippen LogP contribution is -2.34. The molecule has 1 unspecified atom stereocenters. The molecule has 3 rings (SSSR count).